The van der Waals surface area contributed by atoms with E-state index in [1.165, 1.54) is 13.8 Å². The van der Waals surface area contributed by atoms with E-state index >= 15 is 0 Å². The minimum atomic E-state index is -5.19. The summed E-state index contributed by atoms with van der Waals surface area (Å²) in [6.07, 6.45) is -3.28. The van der Waals surface area contributed by atoms with Crippen LogP contribution >= 0.6 is 15.6 Å². The van der Waals surface area contributed by atoms with E-state index in [0.717, 1.165) is 0 Å². The highest BCUT2D eigenvalue weighted by Crippen LogP contribution is 2.57. The summed E-state index contributed by atoms with van der Waals surface area (Å²) in [4.78, 5) is 25.8. The minimum absolute atomic E-state index is 0.685. The Morgan fingerprint density at radius 3 is 2.21 bits per heavy atom. The fourth-order valence-electron chi connectivity index (χ4n) is 1.55. The van der Waals surface area contributed by atoms with Crippen molar-refractivity contribution in [2.45, 2.75) is 37.8 Å². The molecule has 12 heteroatoms. The van der Waals surface area contributed by atoms with Gasteiger partial charge < -0.3 is 29.6 Å². The molecule has 1 fully saturated rings. The molecule has 0 aromatic heterocycles. The topological polar surface area (TPSA) is 163 Å². The fourth-order valence-corrected chi connectivity index (χ4v) is 3.15. The summed E-state index contributed by atoms with van der Waals surface area (Å²) in [7, 11) is -10.2. The van der Waals surface area contributed by atoms with Gasteiger partial charge in [-0.25, -0.2) is 9.13 Å². The standard InChI is InChI=1S/C7H16O10P2/c1-4-7(2,9)6(8)5(16-4)3-15-19(13,14)17-18(10,11)12/h4-6,8-9H,3H2,1-2H3,(H,13,14)(H2,10,11,12)/t4?,5-,6-,7+/m1/s1. The van der Waals surface area contributed by atoms with Gasteiger partial charge in [-0.05, 0) is 13.8 Å². The van der Waals surface area contributed by atoms with Crippen molar-refractivity contribution in [3.8, 4) is 0 Å². The average molecular weight is 322 g/mol. The summed E-state index contributed by atoms with van der Waals surface area (Å²) in [5.41, 5.74) is -1.57. The summed E-state index contributed by atoms with van der Waals surface area (Å²) in [6, 6.07) is 0. The van der Waals surface area contributed by atoms with Gasteiger partial charge in [-0.3, -0.25) is 4.52 Å². The number of rotatable bonds is 5. The van der Waals surface area contributed by atoms with Crippen LogP contribution in [0, 0.1) is 0 Å². The van der Waals surface area contributed by atoms with Crippen molar-refractivity contribution in [1.82, 2.24) is 0 Å². The van der Waals surface area contributed by atoms with Gasteiger partial charge in [0.25, 0.3) is 0 Å². The Balaban J connectivity index is 2.59. The molecule has 0 aromatic carbocycles. The first-order valence-electron chi connectivity index (χ1n) is 5.15. The van der Waals surface area contributed by atoms with E-state index in [0.29, 0.717) is 0 Å². The average Bonchev–Trinajstić information content (AvgIpc) is 2.36. The van der Waals surface area contributed by atoms with Gasteiger partial charge in [0.15, 0.2) is 0 Å². The van der Waals surface area contributed by atoms with Crippen LogP contribution in [0.2, 0.25) is 0 Å². The van der Waals surface area contributed by atoms with Crippen LogP contribution in [0.15, 0.2) is 0 Å². The number of phosphoric acid groups is 2. The number of aliphatic hydroxyl groups excluding tert-OH is 1. The number of hydrogen-bond donors (Lipinski definition) is 5. The maximum absolute atomic E-state index is 11.2. The second-order valence-electron chi connectivity index (χ2n) is 4.32. The predicted molar refractivity (Wildman–Crippen MR) is 59.9 cm³/mol. The summed E-state index contributed by atoms with van der Waals surface area (Å²) in [5.74, 6) is 0. The molecule has 1 heterocycles. The van der Waals surface area contributed by atoms with E-state index in [4.69, 9.17) is 19.4 Å². The van der Waals surface area contributed by atoms with Gasteiger partial charge in [0.2, 0.25) is 0 Å². The second kappa shape index (κ2) is 5.50. The van der Waals surface area contributed by atoms with Gasteiger partial charge in [-0.15, -0.1) is 0 Å². The Hall–Kier alpha value is 0.140. The van der Waals surface area contributed by atoms with Crippen molar-refractivity contribution in [3.63, 3.8) is 0 Å². The normalized spacial score (nSPS) is 39.2. The molecule has 0 spiro atoms. The van der Waals surface area contributed by atoms with E-state index in [1.807, 2.05) is 0 Å². The number of aliphatic hydroxyl groups is 2. The Morgan fingerprint density at radius 1 is 1.32 bits per heavy atom. The van der Waals surface area contributed by atoms with Gasteiger partial charge in [0.05, 0.1) is 12.7 Å². The van der Waals surface area contributed by atoms with E-state index in [2.05, 4.69) is 8.83 Å². The molecule has 5 N–H and O–H groups in total. The van der Waals surface area contributed by atoms with Gasteiger partial charge in [-0.2, -0.15) is 4.31 Å². The van der Waals surface area contributed by atoms with Crippen molar-refractivity contribution in [2.75, 3.05) is 6.61 Å². The molecule has 0 saturated carbocycles. The molecule has 1 aliphatic heterocycles. The third kappa shape index (κ3) is 4.57. The molecule has 19 heavy (non-hydrogen) atoms. The SMILES string of the molecule is CC1O[C@H](COP(=O)(O)OP(=O)(O)O)[C@@H](O)[C@@]1(C)O. The summed E-state index contributed by atoms with van der Waals surface area (Å²) in [6.45, 7) is 2.11. The largest absolute Gasteiger partial charge is 0.481 e. The summed E-state index contributed by atoms with van der Waals surface area (Å²) in [5, 5.41) is 19.5. The molecular weight excluding hydrogens is 306 g/mol. The first-order valence-corrected chi connectivity index (χ1v) is 8.18. The van der Waals surface area contributed by atoms with Crippen molar-refractivity contribution in [1.29, 1.82) is 0 Å². The molecule has 2 unspecified atom stereocenters. The molecule has 0 radical (unpaired) electrons. The smallest absolute Gasteiger partial charge is 0.387 e. The van der Waals surface area contributed by atoms with Crippen LogP contribution in [-0.4, -0.2) is 55.4 Å². The molecule has 5 atom stereocenters. The van der Waals surface area contributed by atoms with Crippen molar-refractivity contribution < 1.29 is 47.6 Å². The fraction of sp³-hybridized carbons (Fsp3) is 1.00. The molecule has 1 aliphatic rings. The third-order valence-corrected chi connectivity index (χ3v) is 4.92. The molecule has 0 bridgehead atoms. The lowest BCUT2D eigenvalue weighted by atomic mass is 9.94. The molecule has 1 saturated heterocycles. The number of ether oxygens (including phenoxy) is 1. The second-order valence-corrected chi connectivity index (χ2v) is 7.15. The molecular formula is C7H16O10P2. The first-order chi connectivity index (χ1) is 8.35. The summed E-state index contributed by atoms with van der Waals surface area (Å²) < 4.78 is 34.5. The lowest BCUT2D eigenvalue weighted by Gasteiger charge is -2.24. The molecule has 1 rings (SSSR count). The Kier molecular flexibility index (Phi) is 4.97. The highest BCUT2D eigenvalue weighted by Gasteiger charge is 2.50. The van der Waals surface area contributed by atoms with Crippen LogP contribution in [0.1, 0.15) is 13.8 Å². The van der Waals surface area contributed by atoms with Crippen LogP contribution in [-0.2, 0) is 22.7 Å². The maximum atomic E-state index is 11.2. The highest BCUT2D eigenvalue weighted by molar-refractivity contribution is 7.60. The lowest BCUT2D eigenvalue weighted by molar-refractivity contribution is -0.0572. The first kappa shape index (κ1) is 17.2. The van der Waals surface area contributed by atoms with Gasteiger partial charge in [0, 0.05) is 0 Å². The van der Waals surface area contributed by atoms with Crippen molar-refractivity contribution >= 4 is 15.6 Å². The maximum Gasteiger partial charge on any atom is 0.481 e. The Morgan fingerprint density at radius 2 is 1.84 bits per heavy atom. The number of hydrogen-bond acceptors (Lipinski definition) is 7. The molecule has 0 aromatic rings. The number of phosphoric ester groups is 1. The molecule has 114 valence electrons. The lowest BCUT2D eigenvalue weighted by Crippen LogP contribution is -2.44. The van der Waals surface area contributed by atoms with E-state index in [-0.39, 0.29) is 0 Å². The van der Waals surface area contributed by atoms with Crippen LogP contribution in [0.25, 0.3) is 0 Å². The van der Waals surface area contributed by atoms with Crippen molar-refractivity contribution in [3.05, 3.63) is 0 Å². The van der Waals surface area contributed by atoms with Crippen LogP contribution < -0.4 is 0 Å². The molecule has 0 aliphatic carbocycles. The zero-order valence-corrected chi connectivity index (χ0v) is 11.9. The Bertz CT molecular complexity index is 416. The van der Waals surface area contributed by atoms with E-state index < -0.39 is 46.2 Å². The zero-order chi connectivity index (χ0) is 15.1. The Labute approximate surface area is 108 Å². The predicted octanol–water partition coefficient (Wildman–Crippen LogP) is -0.888. The van der Waals surface area contributed by atoms with Gasteiger partial charge in [-0.1, -0.05) is 0 Å². The van der Waals surface area contributed by atoms with Crippen LogP contribution in [0.3, 0.4) is 0 Å². The molecule has 10 nitrogen and oxygen atoms in total. The monoisotopic (exact) mass is 322 g/mol. The quantitative estimate of drug-likeness (QED) is 0.401. The highest BCUT2D eigenvalue weighted by atomic mass is 31.3. The van der Waals surface area contributed by atoms with Crippen molar-refractivity contribution in [2.24, 2.45) is 0 Å². The van der Waals surface area contributed by atoms with Gasteiger partial charge in [0.1, 0.15) is 17.8 Å². The van der Waals surface area contributed by atoms with Crippen LogP contribution in [0.4, 0.5) is 0 Å². The van der Waals surface area contributed by atoms with Crippen LogP contribution in [0.5, 0.6) is 0 Å². The third-order valence-electron chi connectivity index (χ3n) is 2.76. The minimum Gasteiger partial charge on any atom is -0.387 e. The summed E-state index contributed by atoms with van der Waals surface area (Å²) >= 11 is 0. The van der Waals surface area contributed by atoms with E-state index in [9.17, 15) is 19.3 Å². The zero-order valence-electron chi connectivity index (χ0n) is 10.1. The van der Waals surface area contributed by atoms with E-state index in [1.54, 1.807) is 0 Å². The molecule has 0 amide bonds. The van der Waals surface area contributed by atoms with Gasteiger partial charge >= 0.3 is 15.6 Å².